The summed E-state index contributed by atoms with van der Waals surface area (Å²) in [5, 5.41) is 3.00. The highest BCUT2D eigenvalue weighted by molar-refractivity contribution is 5.94. The fourth-order valence-corrected chi connectivity index (χ4v) is 3.67. The van der Waals surface area contributed by atoms with Crippen LogP contribution in [0.5, 0.6) is 0 Å². The lowest BCUT2D eigenvalue weighted by molar-refractivity contribution is 0.0953. The van der Waals surface area contributed by atoms with Crippen LogP contribution in [0.4, 0.5) is 5.82 Å². The molecular formula is C22H26N4O. The maximum atomic E-state index is 12.6. The van der Waals surface area contributed by atoms with Gasteiger partial charge in [-0.05, 0) is 55.2 Å². The average Bonchev–Trinajstić information content (AvgIpc) is 3.12. The summed E-state index contributed by atoms with van der Waals surface area (Å²) in [5.74, 6) is 1.94. The lowest BCUT2D eigenvalue weighted by Crippen LogP contribution is -2.33. The monoisotopic (exact) mass is 362 g/mol. The Morgan fingerprint density at radius 2 is 1.96 bits per heavy atom. The van der Waals surface area contributed by atoms with Gasteiger partial charge in [0.2, 0.25) is 0 Å². The number of amides is 1. The van der Waals surface area contributed by atoms with Gasteiger partial charge in [0.25, 0.3) is 5.91 Å². The molecule has 1 amide bonds. The molecule has 0 atom stereocenters. The van der Waals surface area contributed by atoms with E-state index in [1.807, 2.05) is 36.5 Å². The van der Waals surface area contributed by atoms with E-state index in [1.165, 1.54) is 18.7 Å². The second-order valence-corrected chi connectivity index (χ2v) is 7.40. The maximum absolute atomic E-state index is 12.6. The van der Waals surface area contributed by atoms with E-state index in [1.54, 1.807) is 6.20 Å². The van der Waals surface area contributed by atoms with Crippen molar-refractivity contribution in [3.05, 3.63) is 66.1 Å². The molecule has 4 heterocycles. The number of piperidine rings is 1. The average molecular weight is 362 g/mol. The molecule has 0 aromatic carbocycles. The molecule has 0 aliphatic carbocycles. The summed E-state index contributed by atoms with van der Waals surface area (Å²) in [6.07, 6.45) is 6.91. The maximum Gasteiger partial charge on any atom is 0.252 e. The molecule has 0 radical (unpaired) electrons. The number of anilines is 1. The molecule has 1 N–H and O–H groups in total. The number of carbonyl (C=O) groups is 1. The lowest BCUT2D eigenvalue weighted by atomic mass is 9.99. The Hall–Kier alpha value is -2.82. The van der Waals surface area contributed by atoms with E-state index in [-0.39, 0.29) is 5.91 Å². The predicted octanol–water partition coefficient (Wildman–Crippen LogP) is 3.54. The molecule has 0 spiro atoms. The Labute approximate surface area is 160 Å². The van der Waals surface area contributed by atoms with E-state index < -0.39 is 0 Å². The van der Waals surface area contributed by atoms with Gasteiger partial charge in [0.15, 0.2) is 0 Å². The highest BCUT2D eigenvalue weighted by Crippen LogP contribution is 2.25. The van der Waals surface area contributed by atoms with Gasteiger partial charge in [-0.15, -0.1) is 0 Å². The van der Waals surface area contributed by atoms with Gasteiger partial charge in [0.05, 0.1) is 5.56 Å². The molecule has 27 heavy (non-hydrogen) atoms. The normalized spacial score (nSPS) is 15.2. The number of fused-ring (bicyclic) bond motifs is 1. The van der Waals surface area contributed by atoms with Crippen LogP contribution in [0.15, 0.2) is 54.9 Å². The van der Waals surface area contributed by atoms with E-state index in [0.29, 0.717) is 12.1 Å². The standard InChI is InChI=1S/C22H26N4O/c1-17-10-14-25(15-11-17)21-8-7-20-6-5-18(16-26(20)21)22(27)24-13-9-19-4-2-3-12-23-19/h2-8,12,16-17H,9-11,13-15H2,1H3,(H,24,27). The molecule has 3 aromatic heterocycles. The van der Waals surface area contributed by atoms with Crippen molar-refractivity contribution in [3.63, 3.8) is 0 Å². The number of hydrogen-bond acceptors (Lipinski definition) is 3. The Balaban J connectivity index is 1.45. The van der Waals surface area contributed by atoms with Crippen LogP contribution in [0.2, 0.25) is 0 Å². The molecule has 1 saturated heterocycles. The van der Waals surface area contributed by atoms with E-state index >= 15 is 0 Å². The molecule has 5 heteroatoms. The predicted molar refractivity (Wildman–Crippen MR) is 108 cm³/mol. The Morgan fingerprint density at radius 1 is 1.15 bits per heavy atom. The van der Waals surface area contributed by atoms with Crippen LogP contribution in [0.25, 0.3) is 5.52 Å². The van der Waals surface area contributed by atoms with Crippen LogP contribution in [0.1, 0.15) is 35.8 Å². The molecule has 0 saturated carbocycles. The summed E-state index contributed by atoms with van der Waals surface area (Å²) in [4.78, 5) is 19.3. The zero-order chi connectivity index (χ0) is 18.6. The quantitative estimate of drug-likeness (QED) is 0.755. The summed E-state index contributed by atoms with van der Waals surface area (Å²) < 4.78 is 2.14. The third-order valence-corrected chi connectivity index (χ3v) is 5.39. The number of nitrogens with one attached hydrogen (secondary N) is 1. The Morgan fingerprint density at radius 3 is 2.74 bits per heavy atom. The van der Waals surface area contributed by atoms with Gasteiger partial charge < -0.3 is 14.6 Å². The van der Waals surface area contributed by atoms with Crippen molar-refractivity contribution >= 4 is 17.2 Å². The second kappa shape index (κ2) is 7.82. The molecule has 1 aliphatic rings. The van der Waals surface area contributed by atoms with Gasteiger partial charge in [0.1, 0.15) is 5.82 Å². The molecule has 0 bridgehead atoms. The van der Waals surface area contributed by atoms with Crippen molar-refractivity contribution in [1.82, 2.24) is 14.7 Å². The van der Waals surface area contributed by atoms with Gasteiger partial charge in [-0.2, -0.15) is 0 Å². The largest absolute Gasteiger partial charge is 0.358 e. The first-order valence-corrected chi connectivity index (χ1v) is 9.75. The van der Waals surface area contributed by atoms with Crippen molar-refractivity contribution in [2.75, 3.05) is 24.5 Å². The van der Waals surface area contributed by atoms with Crippen molar-refractivity contribution < 1.29 is 4.79 Å². The summed E-state index contributed by atoms with van der Waals surface area (Å²) in [6, 6.07) is 14.0. The summed E-state index contributed by atoms with van der Waals surface area (Å²) in [6.45, 7) is 5.05. The molecule has 140 valence electrons. The first kappa shape index (κ1) is 17.6. The first-order valence-electron chi connectivity index (χ1n) is 9.75. The third-order valence-electron chi connectivity index (χ3n) is 5.39. The number of aromatic nitrogens is 2. The van der Waals surface area contributed by atoms with Gasteiger partial charge in [0, 0.05) is 49.7 Å². The smallest absolute Gasteiger partial charge is 0.252 e. The van der Waals surface area contributed by atoms with E-state index in [4.69, 9.17) is 0 Å². The fourth-order valence-electron chi connectivity index (χ4n) is 3.67. The van der Waals surface area contributed by atoms with Crippen LogP contribution in [-0.2, 0) is 6.42 Å². The van der Waals surface area contributed by atoms with Crippen LogP contribution in [-0.4, -0.2) is 34.9 Å². The van der Waals surface area contributed by atoms with Gasteiger partial charge >= 0.3 is 0 Å². The van der Waals surface area contributed by atoms with Crippen molar-refractivity contribution in [2.24, 2.45) is 5.92 Å². The first-order chi connectivity index (χ1) is 13.2. The number of nitrogens with zero attached hydrogens (tertiary/aromatic N) is 3. The molecule has 1 aliphatic heterocycles. The van der Waals surface area contributed by atoms with Gasteiger partial charge in [-0.25, -0.2) is 0 Å². The van der Waals surface area contributed by atoms with Gasteiger partial charge in [-0.3, -0.25) is 9.78 Å². The molecular weight excluding hydrogens is 336 g/mol. The van der Waals surface area contributed by atoms with Gasteiger partial charge in [-0.1, -0.05) is 13.0 Å². The molecule has 1 fully saturated rings. The zero-order valence-corrected chi connectivity index (χ0v) is 15.8. The van der Waals surface area contributed by atoms with Crippen LogP contribution in [0.3, 0.4) is 0 Å². The fraction of sp³-hybridized carbons (Fsp3) is 0.364. The SMILES string of the molecule is CC1CCN(c2ccc3ccc(C(=O)NCCc4ccccn4)cn23)CC1. The van der Waals surface area contributed by atoms with Crippen LogP contribution in [0, 0.1) is 5.92 Å². The van der Waals surface area contributed by atoms with Crippen molar-refractivity contribution in [2.45, 2.75) is 26.2 Å². The Kier molecular flexibility index (Phi) is 5.10. The summed E-state index contributed by atoms with van der Waals surface area (Å²) in [7, 11) is 0. The topological polar surface area (TPSA) is 49.6 Å². The third kappa shape index (κ3) is 3.97. The number of pyridine rings is 2. The molecule has 0 unspecified atom stereocenters. The number of carbonyl (C=O) groups excluding carboxylic acids is 1. The molecule has 3 aromatic rings. The Bertz CT molecular complexity index is 910. The van der Waals surface area contributed by atoms with Crippen LogP contribution >= 0.6 is 0 Å². The minimum absolute atomic E-state index is 0.0419. The summed E-state index contributed by atoms with van der Waals surface area (Å²) >= 11 is 0. The van der Waals surface area contributed by atoms with E-state index in [2.05, 4.69) is 38.7 Å². The van der Waals surface area contributed by atoms with E-state index in [0.717, 1.165) is 36.6 Å². The summed E-state index contributed by atoms with van der Waals surface area (Å²) in [5.41, 5.74) is 2.79. The molecule has 4 rings (SSSR count). The van der Waals surface area contributed by atoms with Crippen molar-refractivity contribution in [1.29, 1.82) is 0 Å². The highest BCUT2D eigenvalue weighted by Gasteiger charge is 2.18. The number of hydrogen-bond donors (Lipinski definition) is 1. The van der Waals surface area contributed by atoms with Crippen molar-refractivity contribution in [3.8, 4) is 0 Å². The minimum Gasteiger partial charge on any atom is -0.358 e. The molecule has 5 nitrogen and oxygen atoms in total. The minimum atomic E-state index is -0.0419. The zero-order valence-electron chi connectivity index (χ0n) is 15.8. The van der Waals surface area contributed by atoms with Crippen LogP contribution < -0.4 is 10.2 Å². The highest BCUT2D eigenvalue weighted by atomic mass is 16.1. The van der Waals surface area contributed by atoms with E-state index in [9.17, 15) is 4.79 Å². The lowest BCUT2D eigenvalue weighted by Gasteiger charge is -2.31. The second-order valence-electron chi connectivity index (χ2n) is 7.40. The number of rotatable bonds is 5.